The summed E-state index contributed by atoms with van der Waals surface area (Å²) in [7, 11) is 0. The standard InChI is InChI=1S/C44H65NO3/c1-28(2)26-37(47)48-36-17-18-40(7)32(39(36,5)6)16-19-42(9)33(40)14-13-31-38-30(29(3)4)15-20-44(38,24-21-41(31,42)8)35(46)27-43(22-23-43)34-12-10-11-25-45-34/h10-12,25,28,30-33,36,38H,3,13-24,26-27H2,1-2,4-9H3/t30?,31?,32?,33?,36?,38?,40-,41+,42+,44+/m0/s1. The van der Waals surface area contributed by atoms with Gasteiger partial charge in [0.15, 0.2) is 0 Å². The first-order chi connectivity index (χ1) is 22.5. The molecule has 7 rings (SSSR count). The van der Waals surface area contributed by atoms with Crippen molar-refractivity contribution in [2.75, 3.05) is 0 Å². The summed E-state index contributed by atoms with van der Waals surface area (Å²) in [4.78, 5) is 32.5. The van der Waals surface area contributed by atoms with Gasteiger partial charge in [-0.1, -0.05) is 66.7 Å². The fourth-order valence-corrected chi connectivity index (χ4v) is 14.2. The Morgan fingerprint density at radius 3 is 2.27 bits per heavy atom. The number of hydrogen-bond donors (Lipinski definition) is 0. The Balaban J connectivity index is 1.17. The van der Waals surface area contributed by atoms with E-state index < -0.39 is 0 Å². The number of Topliss-reactive ketones (excluding diaryl/α,β-unsaturated/α-hetero) is 1. The van der Waals surface area contributed by atoms with E-state index in [0.29, 0.717) is 54.1 Å². The molecule has 6 fully saturated rings. The molecule has 10 atom stereocenters. The molecule has 0 aromatic carbocycles. The Morgan fingerprint density at radius 1 is 0.875 bits per heavy atom. The van der Waals surface area contributed by atoms with Crippen LogP contribution in [0.15, 0.2) is 36.5 Å². The molecule has 0 N–H and O–H groups in total. The van der Waals surface area contributed by atoms with Crippen LogP contribution in [0.2, 0.25) is 0 Å². The van der Waals surface area contributed by atoms with Gasteiger partial charge in [-0.25, -0.2) is 0 Å². The van der Waals surface area contributed by atoms with E-state index in [-0.39, 0.29) is 44.6 Å². The Kier molecular flexibility index (Phi) is 8.28. The van der Waals surface area contributed by atoms with E-state index in [9.17, 15) is 9.59 Å². The van der Waals surface area contributed by atoms with Crippen molar-refractivity contribution in [3.63, 3.8) is 0 Å². The molecule has 0 bridgehead atoms. The Labute approximate surface area is 292 Å². The zero-order valence-corrected chi connectivity index (χ0v) is 31.6. The van der Waals surface area contributed by atoms with Crippen LogP contribution in [0.3, 0.4) is 0 Å². The Bertz CT molecular complexity index is 1440. The fourth-order valence-electron chi connectivity index (χ4n) is 14.2. The normalized spacial score (nSPS) is 43.7. The van der Waals surface area contributed by atoms with Crippen molar-refractivity contribution in [2.45, 2.75) is 157 Å². The van der Waals surface area contributed by atoms with Crippen LogP contribution in [0.1, 0.15) is 151 Å². The highest BCUT2D eigenvalue weighted by molar-refractivity contribution is 5.87. The lowest BCUT2D eigenvalue weighted by Crippen LogP contribution is -2.67. The van der Waals surface area contributed by atoms with Crippen LogP contribution in [0.4, 0.5) is 0 Å². The topological polar surface area (TPSA) is 56.3 Å². The predicted molar refractivity (Wildman–Crippen MR) is 193 cm³/mol. The number of rotatable bonds is 8. The van der Waals surface area contributed by atoms with Crippen LogP contribution < -0.4 is 0 Å². The minimum Gasteiger partial charge on any atom is -0.462 e. The first-order valence-corrected chi connectivity index (χ1v) is 19.8. The molecule has 0 amide bonds. The van der Waals surface area contributed by atoms with Gasteiger partial charge in [-0.3, -0.25) is 14.6 Å². The summed E-state index contributed by atoms with van der Waals surface area (Å²) in [6.45, 7) is 23.8. The van der Waals surface area contributed by atoms with Crippen LogP contribution in [0.25, 0.3) is 0 Å². The number of ether oxygens (including phenoxy) is 1. The molecule has 6 saturated carbocycles. The van der Waals surface area contributed by atoms with E-state index in [1.807, 2.05) is 12.3 Å². The molecule has 4 nitrogen and oxygen atoms in total. The summed E-state index contributed by atoms with van der Waals surface area (Å²) >= 11 is 0. The quantitative estimate of drug-likeness (QED) is 0.207. The van der Waals surface area contributed by atoms with Gasteiger partial charge in [-0.2, -0.15) is 0 Å². The Hall–Kier alpha value is -1.97. The highest BCUT2D eigenvalue weighted by Crippen LogP contribution is 2.78. The molecule has 0 aliphatic heterocycles. The smallest absolute Gasteiger partial charge is 0.306 e. The minimum atomic E-state index is -0.206. The third kappa shape index (κ3) is 4.90. The van der Waals surface area contributed by atoms with Gasteiger partial charge in [-0.05, 0) is 148 Å². The molecule has 0 spiro atoms. The summed E-state index contributed by atoms with van der Waals surface area (Å²) in [5.41, 5.74) is 2.84. The second-order valence-corrected chi connectivity index (χ2v) is 19.9. The van der Waals surface area contributed by atoms with Crippen molar-refractivity contribution in [2.24, 2.45) is 62.6 Å². The minimum absolute atomic E-state index is 0.00933. The molecule has 1 aromatic heterocycles. The van der Waals surface area contributed by atoms with Crippen molar-refractivity contribution in [1.29, 1.82) is 0 Å². The molecular weight excluding hydrogens is 590 g/mol. The highest BCUT2D eigenvalue weighted by atomic mass is 16.5. The lowest BCUT2D eigenvalue weighted by atomic mass is 9.32. The maximum Gasteiger partial charge on any atom is 0.306 e. The summed E-state index contributed by atoms with van der Waals surface area (Å²) in [6.07, 6.45) is 16.8. The SMILES string of the molecule is C=C(C)C1CC[C@]2(C(=O)CC3(c4ccccn4)CC3)CC[C@]3(C)C(CCC4[C@@]5(C)CCC(OC(=O)CC(C)C)C(C)(C)C5CC[C@]43C)C12. The maximum absolute atomic E-state index is 14.9. The highest BCUT2D eigenvalue weighted by Gasteiger charge is 2.72. The summed E-state index contributed by atoms with van der Waals surface area (Å²) in [6, 6.07) is 6.24. The van der Waals surface area contributed by atoms with Crippen LogP contribution in [0.5, 0.6) is 0 Å². The molecular formula is C44H65NO3. The van der Waals surface area contributed by atoms with Gasteiger partial charge in [0.1, 0.15) is 11.9 Å². The number of aromatic nitrogens is 1. The average molecular weight is 656 g/mol. The van der Waals surface area contributed by atoms with Crippen LogP contribution >= 0.6 is 0 Å². The van der Waals surface area contributed by atoms with Crippen LogP contribution in [-0.4, -0.2) is 22.8 Å². The van der Waals surface area contributed by atoms with E-state index in [4.69, 9.17) is 9.72 Å². The van der Waals surface area contributed by atoms with Gasteiger partial charge in [0.25, 0.3) is 0 Å². The van der Waals surface area contributed by atoms with Crippen molar-refractivity contribution in [1.82, 2.24) is 4.98 Å². The average Bonchev–Trinajstić information content (AvgIpc) is 3.68. The molecule has 0 radical (unpaired) electrons. The number of ketones is 1. The van der Waals surface area contributed by atoms with E-state index in [1.54, 1.807) is 0 Å². The zero-order chi connectivity index (χ0) is 34.5. The number of nitrogens with zero attached hydrogens (tertiary/aromatic N) is 1. The summed E-state index contributed by atoms with van der Waals surface area (Å²) < 4.78 is 6.28. The first-order valence-electron chi connectivity index (χ1n) is 19.8. The Morgan fingerprint density at radius 2 is 1.62 bits per heavy atom. The van der Waals surface area contributed by atoms with Crippen molar-refractivity contribution < 1.29 is 14.3 Å². The number of carbonyl (C=O) groups is 2. The molecule has 1 aromatic rings. The van der Waals surface area contributed by atoms with Crippen LogP contribution in [-0.2, 0) is 19.7 Å². The van der Waals surface area contributed by atoms with Gasteiger partial charge in [0.2, 0.25) is 0 Å². The second kappa shape index (κ2) is 11.5. The largest absolute Gasteiger partial charge is 0.462 e. The van der Waals surface area contributed by atoms with E-state index in [1.165, 1.54) is 37.7 Å². The number of hydrogen-bond acceptors (Lipinski definition) is 4. The van der Waals surface area contributed by atoms with Crippen molar-refractivity contribution in [3.05, 3.63) is 42.2 Å². The molecule has 6 aliphatic rings. The monoisotopic (exact) mass is 655 g/mol. The molecule has 0 saturated heterocycles. The second-order valence-electron chi connectivity index (χ2n) is 19.9. The van der Waals surface area contributed by atoms with Gasteiger partial charge in [-0.15, -0.1) is 0 Å². The molecule has 48 heavy (non-hydrogen) atoms. The molecule has 1 heterocycles. The number of allylic oxidation sites excluding steroid dienone is 1. The summed E-state index contributed by atoms with van der Waals surface area (Å²) in [5.74, 6) is 3.49. The summed E-state index contributed by atoms with van der Waals surface area (Å²) in [5, 5.41) is 0. The maximum atomic E-state index is 14.9. The molecule has 4 heteroatoms. The van der Waals surface area contributed by atoms with Crippen molar-refractivity contribution in [3.8, 4) is 0 Å². The zero-order valence-electron chi connectivity index (χ0n) is 31.6. The third-order valence-electron chi connectivity index (χ3n) is 17.0. The van der Waals surface area contributed by atoms with Crippen molar-refractivity contribution >= 4 is 11.8 Å². The number of carbonyl (C=O) groups excluding carboxylic acids is 2. The van der Waals surface area contributed by atoms with E-state index >= 15 is 0 Å². The lowest BCUT2D eigenvalue weighted by molar-refractivity contribution is -0.249. The first kappa shape index (κ1) is 34.5. The number of fused-ring (bicyclic) bond motifs is 7. The van der Waals surface area contributed by atoms with Crippen LogP contribution in [0, 0.1) is 62.6 Å². The van der Waals surface area contributed by atoms with Gasteiger partial charge < -0.3 is 4.74 Å². The van der Waals surface area contributed by atoms with E-state index in [0.717, 1.165) is 50.6 Å². The van der Waals surface area contributed by atoms with Gasteiger partial charge in [0.05, 0.1) is 0 Å². The predicted octanol–water partition coefficient (Wildman–Crippen LogP) is 10.7. The van der Waals surface area contributed by atoms with E-state index in [2.05, 4.69) is 74.1 Å². The molecule has 6 aliphatic carbocycles. The lowest BCUT2D eigenvalue weighted by Gasteiger charge is -2.73. The fraction of sp³-hybridized carbons (Fsp3) is 0.795. The number of esters is 1. The third-order valence-corrected chi connectivity index (χ3v) is 17.0. The number of pyridine rings is 1. The van der Waals surface area contributed by atoms with Gasteiger partial charge in [0, 0.05) is 41.0 Å². The van der Waals surface area contributed by atoms with Gasteiger partial charge >= 0.3 is 5.97 Å². The molecule has 6 unspecified atom stereocenters. The molecule has 264 valence electrons.